The molecule has 3 aromatic carbocycles. The maximum Gasteiger partial charge on any atom is 0.343 e. The van der Waals surface area contributed by atoms with Crippen LogP contribution in [0, 0.1) is 6.92 Å². The standard InChI is InChI=1S/C24H22N2O5/c1-17-3-7-19(8-4-17)24(28)31-22-9-5-18(6-10-22)15-25-26-23(27)16-30-21-13-11-20(29-2)12-14-21/h3-15H,16H2,1-2H3,(H,26,27)/b25-15+. The van der Waals surface area contributed by atoms with Crippen LogP contribution in [0.5, 0.6) is 17.2 Å². The van der Waals surface area contributed by atoms with Gasteiger partial charge < -0.3 is 14.2 Å². The van der Waals surface area contributed by atoms with Gasteiger partial charge >= 0.3 is 5.97 Å². The van der Waals surface area contributed by atoms with Crippen LogP contribution in [0.4, 0.5) is 0 Å². The smallest absolute Gasteiger partial charge is 0.343 e. The number of hydrogen-bond acceptors (Lipinski definition) is 6. The Hall–Kier alpha value is -4.13. The second kappa shape index (κ2) is 10.6. The van der Waals surface area contributed by atoms with Gasteiger partial charge in [0.25, 0.3) is 5.91 Å². The van der Waals surface area contributed by atoms with Gasteiger partial charge in [0.1, 0.15) is 17.2 Å². The molecule has 0 bridgehead atoms. The van der Waals surface area contributed by atoms with Gasteiger partial charge in [-0.2, -0.15) is 5.10 Å². The summed E-state index contributed by atoms with van der Waals surface area (Å²) in [6.07, 6.45) is 1.48. The number of aryl methyl sites for hydroxylation is 1. The van der Waals surface area contributed by atoms with E-state index in [-0.39, 0.29) is 6.61 Å². The summed E-state index contributed by atoms with van der Waals surface area (Å²) in [5.74, 6) is 0.856. The summed E-state index contributed by atoms with van der Waals surface area (Å²) >= 11 is 0. The van der Waals surface area contributed by atoms with Gasteiger partial charge in [0.2, 0.25) is 0 Å². The SMILES string of the molecule is COc1ccc(OCC(=O)N/N=C/c2ccc(OC(=O)c3ccc(C)cc3)cc2)cc1. The van der Waals surface area contributed by atoms with Gasteiger partial charge in [0.15, 0.2) is 6.61 Å². The Morgan fingerprint density at radius 3 is 2.13 bits per heavy atom. The number of esters is 1. The Labute approximate surface area is 180 Å². The number of carbonyl (C=O) groups is 2. The molecule has 3 aromatic rings. The number of carbonyl (C=O) groups excluding carboxylic acids is 2. The summed E-state index contributed by atoms with van der Waals surface area (Å²) in [7, 11) is 1.58. The highest BCUT2D eigenvalue weighted by Gasteiger charge is 2.08. The van der Waals surface area contributed by atoms with Gasteiger partial charge in [0.05, 0.1) is 18.9 Å². The Bertz CT molecular complexity index is 1040. The van der Waals surface area contributed by atoms with E-state index in [1.54, 1.807) is 67.8 Å². The molecular formula is C24H22N2O5. The molecule has 1 N–H and O–H groups in total. The Balaban J connectivity index is 1.44. The zero-order valence-corrected chi connectivity index (χ0v) is 17.2. The monoisotopic (exact) mass is 418 g/mol. The molecule has 0 aliphatic heterocycles. The molecule has 3 rings (SSSR count). The number of nitrogens with zero attached hydrogens (tertiary/aromatic N) is 1. The lowest BCUT2D eigenvalue weighted by molar-refractivity contribution is -0.123. The first-order chi connectivity index (χ1) is 15.0. The minimum absolute atomic E-state index is 0.169. The summed E-state index contributed by atoms with van der Waals surface area (Å²) in [6.45, 7) is 1.78. The maximum atomic E-state index is 12.1. The predicted octanol–water partition coefficient (Wildman–Crippen LogP) is 3.75. The van der Waals surface area contributed by atoms with Crippen molar-refractivity contribution in [3.63, 3.8) is 0 Å². The minimum Gasteiger partial charge on any atom is -0.497 e. The van der Waals surface area contributed by atoms with Crippen molar-refractivity contribution < 1.29 is 23.8 Å². The van der Waals surface area contributed by atoms with Crippen molar-refractivity contribution in [1.29, 1.82) is 0 Å². The van der Waals surface area contributed by atoms with Crippen LogP contribution >= 0.6 is 0 Å². The average molecular weight is 418 g/mol. The molecule has 0 aliphatic carbocycles. The summed E-state index contributed by atoms with van der Waals surface area (Å²) < 4.78 is 15.8. The predicted molar refractivity (Wildman–Crippen MR) is 117 cm³/mol. The van der Waals surface area contributed by atoms with Crippen molar-refractivity contribution in [1.82, 2.24) is 5.43 Å². The van der Waals surface area contributed by atoms with E-state index in [0.717, 1.165) is 11.1 Å². The number of amides is 1. The number of hydrazone groups is 1. The number of nitrogens with one attached hydrogen (secondary N) is 1. The van der Waals surface area contributed by atoms with Crippen molar-refractivity contribution >= 4 is 18.1 Å². The number of ether oxygens (including phenoxy) is 3. The molecule has 0 unspecified atom stereocenters. The third kappa shape index (κ3) is 6.71. The van der Waals surface area contributed by atoms with Crippen LogP contribution in [0.3, 0.4) is 0 Å². The van der Waals surface area contributed by atoms with E-state index in [0.29, 0.717) is 22.8 Å². The highest BCUT2D eigenvalue weighted by molar-refractivity contribution is 5.91. The fourth-order valence-electron chi connectivity index (χ4n) is 2.51. The third-order valence-corrected chi connectivity index (χ3v) is 4.21. The van der Waals surface area contributed by atoms with E-state index in [9.17, 15) is 9.59 Å². The molecule has 0 spiro atoms. The second-order valence-corrected chi connectivity index (χ2v) is 6.58. The summed E-state index contributed by atoms with van der Waals surface area (Å²) in [4.78, 5) is 24.0. The normalized spacial score (nSPS) is 10.5. The number of rotatable bonds is 8. The Morgan fingerprint density at radius 1 is 0.871 bits per heavy atom. The van der Waals surface area contributed by atoms with Crippen LogP contribution in [-0.2, 0) is 4.79 Å². The maximum absolute atomic E-state index is 12.1. The largest absolute Gasteiger partial charge is 0.497 e. The van der Waals surface area contributed by atoms with Crippen molar-refractivity contribution in [2.45, 2.75) is 6.92 Å². The molecule has 0 atom stereocenters. The molecule has 31 heavy (non-hydrogen) atoms. The number of hydrogen-bond donors (Lipinski definition) is 1. The van der Waals surface area contributed by atoms with E-state index in [2.05, 4.69) is 10.5 Å². The molecule has 0 saturated heterocycles. The highest BCUT2D eigenvalue weighted by Crippen LogP contribution is 2.17. The fourth-order valence-corrected chi connectivity index (χ4v) is 2.51. The lowest BCUT2D eigenvalue weighted by atomic mass is 10.1. The van der Waals surface area contributed by atoms with Gasteiger partial charge in [-0.1, -0.05) is 17.7 Å². The molecule has 1 amide bonds. The molecule has 7 nitrogen and oxygen atoms in total. The van der Waals surface area contributed by atoms with Crippen LogP contribution in [0.2, 0.25) is 0 Å². The zero-order valence-electron chi connectivity index (χ0n) is 17.2. The molecule has 0 radical (unpaired) electrons. The van der Waals surface area contributed by atoms with E-state index in [4.69, 9.17) is 14.2 Å². The van der Waals surface area contributed by atoms with Crippen LogP contribution in [-0.4, -0.2) is 31.8 Å². The van der Waals surface area contributed by atoms with Crippen molar-refractivity contribution in [2.75, 3.05) is 13.7 Å². The molecule has 0 aromatic heterocycles. The first kappa shape index (κ1) is 21.6. The molecular weight excluding hydrogens is 396 g/mol. The highest BCUT2D eigenvalue weighted by atomic mass is 16.5. The van der Waals surface area contributed by atoms with Crippen molar-refractivity contribution in [3.05, 3.63) is 89.5 Å². The van der Waals surface area contributed by atoms with Crippen molar-refractivity contribution in [2.24, 2.45) is 5.10 Å². The molecule has 0 fully saturated rings. The second-order valence-electron chi connectivity index (χ2n) is 6.58. The summed E-state index contributed by atoms with van der Waals surface area (Å²) in [5.41, 5.74) is 4.67. The fraction of sp³-hybridized carbons (Fsp3) is 0.125. The lowest BCUT2D eigenvalue weighted by Gasteiger charge is -2.06. The third-order valence-electron chi connectivity index (χ3n) is 4.21. The molecule has 158 valence electrons. The lowest BCUT2D eigenvalue weighted by Crippen LogP contribution is -2.24. The molecule has 7 heteroatoms. The van der Waals surface area contributed by atoms with Crippen LogP contribution in [0.25, 0.3) is 0 Å². The van der Waals surface area contributed by atoms with Crippen LogP contribution in [0.15, 0.2) is 77.9 Å². The van der Waals surface area contributed by atoms with E-state index < -0.39 is 11.9 Å². The Morgan fingerprint density at radius 2 is 1.48 bits per heavy atom. The molecule has 0 saturated carbocycles. The first-order valence-electron chi connectivity index (χ1n) is 9.51. The average Bonchev–Trinajstić information content (AvgIpc) is 2.79. The van der Waals surface area contributed by atoms with Gasteiger partial charge in [-0.25, -0.2) is 10.2 Å². The van der Waals surface area contributed by atoms with Gasteiger partial charge in [-0.3, -0.25) is 4.79 Å². The van der Waals surface area contributed by atoms with Gasteiger partial charge in [0, 0.05) is 0 Å². The molecule has 0 aliphatic rings. The van der Waals surface area contributed by atoms with Gasteiger partial charge in [-0.15, -0.1) is 0 Å². The minimum atomic E-state index is -0.425. The Kier molecular flexibility index (Phi) is 7.37. The number of methoxy groups -OCH3 is 1. The number of benzene rings is 3. The zero-order chi connectivity index (χ0) is 22.1. The van der Waals surface area contributed by atoms with Gasteiger partial charge in [-0.05, 0) is 73.2 Å². The quantitative estimate of drug-likeness (QED) is 0.261. The van der Waals surface area contributed by atoms with E-state index in [1.807, 2.05) is 19.1 Å². The summed E-state index contributed by atoms with van der Waals surface area (Å²) in [5, 5.41) is 3.90. The summed E-state index contributed by atoms with van der Waals surface area (Å²) in [6, 6.07) is 20.8. The van der Waals surface area contributed by atoms with E-state index >= 15 is 0 Å². The molecule has 0 heterocycles. The first-order valence-corrected chi connectivity index (χ1v) is 9.51. The van der Waals surface area contributed by atoms with Crippen molar-refractivity contribution in [3.8, 4) is 17.2 Å². The van der Waals surface area contributed by atoms with E-state index in [1.165, 1.54) is 6.21 Å². The van der Waals surface area contributed by atoms with Crippen LogP contribution < -0.4 is 19.6 Å². The topological polar surface area (TPSA) is 86.2 Å². The van der Waals surface area contributed by atoms with Crippen LogP contribution in [0.1, 0.15) is 21.5 Å².